The SMILES string of the molecule is CC(=O)N1CC[C@H](c2ncc3c(n2)CCN(C(=O)C2=NNC(=O)CC2)C3)C1. The Hall–Kier alpha value is -2.84. The van der Waals surface area contributed by atoms with Crippen molar-refractivity contribution in [3.63, 3.8) is 0 Å². The summed E-state index contributed by atoms with van der Waals surface area (Å²) < 4.78 is 0. The van der Waals surface area contributed by atoms with Gasteiger partial charge in [-0.25, -0.2) is 15.4 Å². The van der Waals surface area contributed by atoms with Crippen LogP contribution in [0.1, 0.15) is 49.2 Å². The maximum absolute atomic E-state index is 12.6. The molecular weight excluding hydrogens is 348 g/mol. The lowest BCUT2D eigenvalue weighted by Gasteiger charge is -2.29. The smallest absolute Gasteiger partial charge is 0.270 e. The van der Waals surface area contributed by atoms with Gasteiger partial charge in [0.2, 0.25) is 11.8 Å². The second-order valence-corrected chi connectivity index (χ2v) is 7.22. The Morgan fingerprint density at radius 2 is 2.04 bits per heavy atom. The van der Waals surface area contributed by atoms with Gasteiger partial charge in [-0.2, -0.15) is 5.10 Å². The number of hydrogen-bond donors (Lipinski definition) is 1. The van der Waals surface area contributed by atoms with Gasteiger partial charge in [-0.15, -0.1) is 0 Å². The topological polar surface area (TPSA) is 108 Å². The van der Waals surface area contributed by atoms with E-state index < -0.39 is 0 Å². The summed E-state index contributed by atoms with van der Waals surface area (Å²) in [5.41, 5.74) is 4.69. The Labute approximate surface area is 156 Å². The van der Waals surface area contributed by atoms with Crippen LogP contribution in [0.2, 0.25) is 0 Å². The summed E-state index contributed by atoms with van der Waals surface area (Å²) in [6, 6.07) is 0. The van der Waals surface area contributed by atoms with Crippen molar-refractivity contribution in [2.75, 3.05) is 19.6 Å². The Morgan fingerprint density at radius 3 is 2.74 bits per heavy atom. The fourth-order valence-corrected chi connectivity index (χ4v) is 3.77. The van der Waals surface area contributed by atoms with E-state index in [0.29, 0.717) is 44.6 Å². The van der Waals surface area contributed by atoms with Gasteiger partial charge in [-0.05, 0) is 6.42 Å². The second-order valence-electron chi connectivity index (χ2n) is 7.22. The monoisotopic (exact) mass is 370 g/mol. The molecule has 0 radical (unpaired) electrons. The molecular formula is C18H22N6O3. The molecule has 1 aromatic rings. The molecule has 9 heteroatoms. The average Bonchev–Trinajstić information content (AvgIpc) is 3.18. The molecule has 1 saturated heterocycles. The zero-order valence-electron chi connectivity index (χ0n) is 15.3. The van der Waals surface area contributed by atoms with Gasteiger partial charge < -0.3 is 9.80 Å². The van der Waals surface area contributed by atoms with Gasteiger partial charge in [0.05, 0.1) is 5.69 Å². The molecule has 4 heterocycles. The molecule has 0 unspecified atom stereocenters. The molecule has 0 aliphatic carbocycles. The summed E-state index contributed by atoms with van der Waals surface area (Å²) in [7, 11) is 0. The maximum Gasteiger partial charge on any atom is 0.270 e. The summed E-state index contributed by atoms with van der Waals surface area (Å²) in [5.74, 6) is 0.756. The molecule has 1 atom stereocenters. The van der Waals surface area contributed by atoms with Crippen LogP contribution in [0, 0.1) is 0 Å². The van der Waals surface area contributed by atoms with E-state index >= 15 is 0 Å². The number of amides is 3. The molecule has 27 heavy (non-hydrogen) atoms. The third-order valence-corrected chi connectivity index (χ3v) is 5.39. The van der Waals surface area contributed by atoms with Crippen molar-refractivity contribution >= 4 is 23.4 Å². The summed E-state index contributed by atoms with van der Waals surface area (Å²) in [4.78, 5) is 48.1. The van der Waals surface area contributed by atoms with Crippen molar-refractivity contribution < 1.29 is 14.4 Å². The van der Waals surface area contributed by atoms with Crippen molar-refractivity contribution in [1.29, 1.82) is 0 Å². The van der Waals surface area contributed by atoms with E-state index in [0.717, 1.165) is 30.0 Å². The lowest BCUT2D eigenvalue weighted by molar-refractivity contribution is -0.128. The third-order valence-electron chi connectivity index (χ3n) is 5.39. The minimum absolute atomic E-state index is 0.0893. The summed E-state index contributed by atoms with van der Waals surface area (Å²) in [6.45, 7) is 4.03. The van der Waals surface area contributed by atoms with Crippen LogP contribution in [-0.4, -0.2) is 62.8 Å². The van der Waals surface area contributed by atoms with E-state index in [2.05, 4.69) is 15.5 Å². The standard InChI is InChI=1S/C18H22N6O3/c1-11(25)23-6-4-12(9-23)17-19-8-13-10-24(7-5-14(13)20-17)18(27)15-2-3-16(26)22-21-15/h8,12H,2-7,9-10H2,1H3,(H,22,26)/t12-/m0/s1. The van der Waals surface area contributed by atoms with Crippen LogP contribution in [0.5, 0.6) is 0 Å². The van der Waals surface area contributed by atoms with E-state index in [9.17, 15) is 14.4 Å². The van der Waals surface area contributed by atoms with E-state index in [1.165, 1.54) is 0 Å². The number of nitrogens with zero attached hydrogens (tertiary/aromatic N) is 5. The molecule has 9 nitrogen and oxygen atoms in total. The lowest BCUT2D eigenvalue weighted by atomic mass is 10.0. The quantitative estimate of drug-likeness (QED) is 0.786. The lowest BCUT2D eigenvalue weighted by Crippen LogP contribution is -2.43. The highest BCUT2D eigenvalue weighted by Crippen LogP contribution is 2.26. The Morgan fingerprint density at radius 1 is 1.19 bits per heavy atom. The fraction of sp³-hybridized carbons (Fsp3) is 0.556. The minimum atomic E-state index is -0.160. The first-order valence-electron chi connectivity index (χ1n) is 9.26. The Bertz CT molecular complexity index is 836. The summed E-state index contributed by atoms with van der Waals surface area (Å²) >= 11 is 0. The Kier molecular flexibility index (Phi) is 4.59. The summed E-state index contributed by atoms with van der Waals surface area (Å²) in [6.07, 6.45) is 4.02. The number of nitrogens with one attached hydrogen (secondary N) is 1. The van der Waals surface area contributed by atoms with Gasteiger partial charge in [0, 0.05) is 70.0 Å². The van der Waals surface area contributed by atoms with Crippen LogP contribution in [0.3, 0.4) is 0 Å². The van der Waals surface area contributed by atoms with Gasteiger partial charge in [0.1, 0.15) is 11.5 Å². The number of carbonyl (C=O) groups excluding carboxylic acids is 3. The first-order chi connectivity index (χ1) is 13.0. The first kappa shape index (κ1) is 17.6. The zero-order chi connectivity index (χ0) is 19.0. The number of hydrazone groups is 1. The van der Waals surface area contributed by atoms with E-state index in [1.54, 1.807) is 18.0 Å². The van der Waals surface area contributed by atoms with Crippen LogP contribution in [-0.2, 0) is 27.3 Å². The minimum Gasteiger partial charge on any atom is -0.342 e. The molecule has 1 N–H and O–H groups in total. The molecule has 0 aromatic carbocycles. The predicted octanol–water partition coefficient (Wildman–Crippen LogP) is -0.0369. The molecule has 3 aliphatic rings. The molecule has 1 aromatic heterocycles. The third kappa shape index (κ3) is 3.54. The Balaban J connectivity index is 1.44. The zero-order valence-corrected chi connectivity index (χ0v) is 15.3. The first-order valence-corrected chi connectivity index (χ1v) is 9.26. The van der Waals surface area contributed by atoms with Crippen molar-refractivity contribution in [3.8, 4) is 0 Å². The normalized spacial score (nSPS) is 22.2. The fourth-order valence-electron chi connectivity index (χ4n) is 3.77. The highest BCUT2D eigenvalue weighted by atomic mass is 16.2. The van der Waals surface area contributed by atoms with Crippen LogP contribution in [0.15, 0.2) is 11.3 Å². The average molecular weight is 370 g/mol. The van der Waals surface area contributed by atoms with E-state index in [4.69, 9.17) is 4.98 Å². The highest BCUT2D eigenvalue weighted by Gasteiger charge is 2.30. The van der Waals surface area contributed by atoms with Gasteiger partial charge >= 0.3 is 0 Å². The van der Waals surface area contributed by atoms with Crippen LogP contribution in [0.25, 0.3) is 0 Å². The molecule has 0 spiro atoms. The van der Waals surface area contributed by atoms with E-state index in [-0.39, 0.29) is 23.6 Å². The van der Waals surface area contributed by atoms with E-state index in [1.807, 2.05) is 4.90 Å². The molecule has 0 bridgehead atoms. The number of carbonyl (C=O) groups is 3. The predicted molar refractivity (Wildman–Crippen MR) is 95.6 cm³/mol. The number of aromatic nitrogens is 2. The molecule has 1 fully saturated rings. The number of rotatable bonds is 2. The van der Waals surface area contributed by atoms with Crippen molar-refractivity contribution in [3.05, 3.63) is 23.3 Å². The van der Waals surface area contributed by atoms with Crippen LogP contribution < -0.4 is 5.43 Å². The van der Waals surface area contributed by atoms with Crippen molar-refractivity contribution in [1.82, 2.24) is 25.2 Å². The molecule has 3 aliphatic heterocycles. The van der Waals surface area contributed by atoms with Gasteiger partial charge in [-0.3, -0.25) is 14.4 Å². The number of likely N-dealkylation sites (tertiary alicyclic amines) is 1. The second kappa shape index (κ2) is 7.05. The van der Waals surface area contributed by atoms with Crippen molar-refractivity contribution in [2.24, 2.45) is 5.10 Å². The van der Waals surface area contributed by atoms with Crippen LogP contribution >= 0.6 is 0 Å². The van der Waals surface area contributed by atoms with Gasteiger partial charge in [0.25, 0.3) is 5.91 Å². The maximum atomic E-state index is 12.6. The number of fused-ring (bicyclic) bond motifs is 1. The molecule has 3 amide bonds. The van der Waals surface area contributed by atoms with Crippen molar-refractivity contribution in [2.45, 2.75) is 45.1 Å². The van der Waals surface area contributed by atoms with Crippen LogP contribution in [0.4, 0.5) is 0 Å². The highest BCUT2D eigenvalue weighted by molar-refractivity contribution is 6.39. The van der Waals surface area contributed by atoms with Gasteiger partial charge in [-0.1, -0.05) is 0 Å². The van der Waals surface area contributed by atoms with Gasteiger partial charge in [0.15, 0.2) is 0 Å². The number of hydrogen-bond acceptors (Lipinski definition) is 6. The molecule has 0 saturated carbocycles. The largest absolute Gasteiger partial charge is 0.342 e. The molecule has 142 valence electrons. The molecule has 4 rings (SSSR count). The summed E-state index contributed by atoms with van der Waals surface area (Å²) in [5, 5.41) is 3.89.